The molecule has 132 valence electrons. The van der Waals surface area contributed by atoms with Gasteiger partial charge in [-0.1, -0.05) is 40.5 Å². The van der Waals surface area contributed by atoms with Crippen LogP contribution < -0.4 is 0 Å². The summed E-state index contributed by atoms with van der Waals surface area (Å²) >= 11 is 11.9. The summed E-state index contributed by atoms with van der Waals surface area (Å²) in [7, 11) is 0. The SMILES string of the molecule is O=C(c1ccc(Cl)cc1)N1CCCC1c1nc(-c2cccc(Cl)c2)no1. The van der Waals surface area contributed by atoms with E-state index in [1.165, 1.54) is 0 Å². The molecule has 1 amide bonds. The number of hydrogen-bond donors (Lipinski definition) is 0. The van der Waals surface area contributed by atoms with Crippen LogP contribution in [0.5, 0.6) is 0 Å². The molecule has 2 heterocycles. The van der Waals surface area contributed by atoms with Crippen LogP contribution in [0.15, 0.2) is 53.1 Å². The van der Waals surface area contributed by atoms with E-state index in [2.05, 4.69) is 10.1 Å². The van der Waals surface area contributed by atoms with Gasteiger partial charge in [0.1, 0.15) is 6.04 Å². The van der Waals surface area contributed by atoms with Gasteiger partial charge in [0.25, 0.3) is 5.91 Å². The van der Waals surface area contributed by atoms with Crippen LogP contribution in [0.4, 0.5) is 0 Å². The monoisotopic (exact) mass is 387 g/mol. The molecule has 0 N–H and O–H groups in total. The highest BCUT2D eigenvalue weighted by Crippen LogP contribution is 2.33. The molecule has 4 rings (SSSR count). The van der Waals surface area contributed by atoms with E-state index in [4.69, 9.17) is 27.7 Å². The number of benzene rings is 2. The van der Waals surface area contributed by atoms with Crippen molar-refractivity contribution in [2.75, 3.05) is 6.54 Å². The Bertz CT molecular complexity index is 940. The summed E-state index contributed by atoms with van der Waals surface area (Å²) in [5, 5.41) is 5.26. The van der Waals surface area contributed by atoms with Gasteiger partial charge in [-0.3, -0.25) is 4.79 Å². The Kier molecular flexibility index (Phi) is 4.66. The third-order valence-electron chi connectivity index (χ3n) is 4.41. The van der Waals surface area contributed by atoms with Crippen LogP contribution in [0.2, 0.25) is 10.0 Å². The van der Waals surface area contributed by atoms with Crippen LogP contribution in [0.1, 0.15) is 35.1 Å². The fraction of sp³-hybridized carbons (Fsp3) is 0.211. The fourth-order valence-corrected chi connectivity index (χ4v) is 3.46. The molecule has 1 aromatic heterocycles. The number of carbonyl (C=O) groups excluding carboxylic acids is 1. The second-order valence-electron chi connectivity index (χ2n) is 6.13. The molecule has 0 spiro atoms. The van der Waals surface area contributed by atoms with E-state index >= 15 is 0 Å². The second-order valence-corrected chi connectivity index (χ2v) is 7.00. The molecular formula is C19H15Cl2N3O2. The van der Waals surface area contributed by atoms with Crippen LogP contribution in [-0.2, 0) is 0 Å². The van der Waals surface area contributed by atoms with E-state index in [1.54, 1.807) is 41.3 Å². The molecule has 5 nitrogen and oxygen atoms in total. The van der Waals surface area contributed by atoms with Crippen LogP contribution in [-0.4, -0.2) is 27.5 Å². The number of likely N-dealkylation sites (tertiary alicyclic amines) is 1. The molecule has 0 radical (unpaired) electrons. The molecule has 0 bridgehead atoms. The van der Waals surface area contributed by atoms with E-state index in [-0.39, 0.29) is 11.9 Å². The van der Waals surface area contributed by atoms with E-state index in [9.17, 15) is 4.79 Å². The summed E-state index contributed by atoms with van der Waals surface area (Å²) in [4.78, 5) is 19.1. The highest BCUT2D eigenvalue weighted by Gasteiger charge is 2.34. The normalized spacial score (nSPS) is 16.8. The van der Waals surface area contributed by atoms with Gasteiger partial charge in [0, 0.05) is 27.7 Å². The lowest BCUT2D eigenvalue weighted by Crippen LogP contribution is -2.30. The summed E-state index contributed by atoms with van der Waals surface area (Å²) in [5.41, 5.74) is 1.37. The maximum Gasteiger partial charge on any atom is 0.254 e. The largest absolute Gasteiger partial charge is 0.337 e. The van der Waals surface area contributed by atoms with Crippen molar-refractivity contribution in [1.82, 2.24) is 15.0 Å². The zero-order chi connectivity index (χ0) is 18.1. The van der Waals surface area contributed by atoms with Crippen LogP contribution >= 0.6 is 23.2 Å². The lowest BCUT2D eigenvalue weighted by Gasteiger charge is -2.21. The zero-order valence-corrected chi connectivity index (χ0v) is 15.2. The summed E-state index contributed by atoms with van der Waals surface area (Å²) in [6.45, 7) is 0.654. The van der Waals surface area contributed by atoms with E-state index in [1.807, 2.05) is 12.1 Å². The molecule has 1 fully saturated rings. The van der Waals surface area contributed by atoms with Crippen molar-refractivity contribution in [1.29, 1.82) is 0 Å². The maximum absolute atomic E-state index is 12.8. The van der Waals surface area contributed by atoms with Gasteiger partial charge in [-0.2, -0.15) is 4.98 Å². The average Bonchev–Trinajstić information content (AvgIpc) is 3.31. The van der Waals surface area contributed by atoms with Crippen molar-refractivity contribution in [3.8, 4) is 11.4 Å². The molecular weight excluding hydrogens is 373 g/mol. The summed E-state index contributed by atoms with van der Waals surface area (Å²) in [5.74, 6) is 0.847. The molecule has 2 aromatic carbocycles. The average molecular weight is 388 g/mol. The number of aromatic nitrogens is 2. The first kappa shape index (κ1) is 17.1. The van der Waals surface area contributed by atoms with Crippen molar-refractivity contribution < 1.29 is 9.32 Å². The zero-order valence-electron chi connectivity index (χ0n) is 13.7. The van der Waals surface area contributed by atoms with Gasteiger partial charge in [-0.15, -0.1) is 0 Å². The molecule has 0 aliphatic carbocycles. The third-order valence-corrected chi connectivity index (χ3v) is 4.90. The molecule has 1 unspecified atom stereocenters. The Morgan fingerprint density at radius 1 is 1.12 bits per heavy atom. The van der Waals surface area contributed by atoms with Gasteiger partial charge >= 0.3 is 0 Å². The molecule has 3 aromatic rings. The summed E-state index contributed by atoms with van der Waals surface area (Å²) in [6.07, 6.45) is 1.68. The first-order valence-corrected chi connectivity index (χ1v) is 9.03. The number of halogens is 2. The third kappa shape index (κ3) is 3.32. The maximum atomic E-state index is 12.8. The Labute approximate surface area is 160 Å². The Hall–Kier alpha value is -2.37. The topological polar surface area (TPSA) is 59.2 Å². The first-order chi connectivity index (χ1) is 12.6. The van der Waals surface area contributed by atoms with Crippen molar-refractivity contribution in [3.05, 3.63) is 70.0 Å². The number of carbonyl (C=O) groups is 1. The molecule has 26 heavy (non-hydrogen) atoms. The van der Waals surface area contributed by atoms with Gasteiger partial charge in [0.2, 0.25) is 11.7 Å². The first-order valence-electron chi connectivity index (χ1n) is 8.28. The minimum atomic E-state index is -0.224. The summed E-state index contributed by atoms with van der Waals surface area (Å²) in [6, 6.07) is 13.9. The Morgan fingerprint density at radius 2 is 1.92 bits per heavy atom. The van der Waals surface area contributed by atoms with Crippen LogP contribution in [0, 0.1) is 0 Å². The fourth-order valence-electron chi connectivity index (χ4n) is 3.14. The predicted octanol–water partition coefficient (Wildman–Crippen LogP) is 5.02. The van der Waals surface area contributed by atoms with Crippen molar-refractivity contribution in [2.24, 2.45) is 0 Å². The van der Waals surface area contributed by atoms with Crippen molar-refractivity contribution in [3.63, 3.8) is 0 Å². The minimum Gasteiger partial charge on any atom is -0.337 e. The lowest BCUT2D eigenvalue weighted by molar-refractivity contribution is 0.0710. The molecule has 1 aliphatic heterocycles. The van der Waals surface area contributed by atoms with E-state index in [0.29, 0.717) is 33.9 Å². The Balaban J connectivity index is 1.59. The smallest absolute Gasteiger partial charge is 0.254 e. The standard InChI is InChI=1S/C19H15Cl2N3O2/c20-14-8-6-12(7-9-14)19(25)24-10-2-5-16(24)18-22-17(23-26-18)13-3-1-4-15(21)11-13/h1,3-4,6-9,11,16H,2,5,10H2. The highest BCUT2D eigenvalue weighted by atomic mass is 35.5. The van der Waals surface area contributed by atoms with Crippen molar-refractivity contribution in [2.45, 2.75) is 18.9 Å². The Morgan fingerprint density at radius 3 is 2.69 bits per heavy atom. The second kappa shape index (κ2) is 7.09. The van der Waals surface area contributed by atoms with Gasteiger partial charge in [-0.25, -0.2) is 0 Å². The van der Waals surface area contributed by atoms with E-state index < -0.39 is 0 Å². The molecule has 1 atom stereocenters. The van der Waals surface area contributed by atoms with Gasteiger partial charge < -0.3 is 9.42 Å². The number of amides is 1. The molecule has 1 saturated heterocycles. The lowest BCUT2D eigenvalue weighted by atomic mass is 10.1. The minimum absolute atomic E-state index is 0.0633. The molecule has 7 heteroatoms. The van der Waals surface area contributed by atoms with Gasteiger partial charge in [0.15, 0.2) is 0 Å². The van der Waals surface area contributed by atoms with Gasteiger partial charge in [-0.05, 0) is 49.2 Å². The quantitative estimate of drug-likeness (QED) is 0.632. The predicted molar refractivity (Wildman–Crippen MR) is 99.2 cm³/mol. The molecule has 0 saturated carbocycles. The highest BCUT2D eigenvalue weighted by molar-refractivity contribution is 6.31. The van der Waals surface area contributed by atoms with E-state index in [0.717, 1.165) is 18.4 Å². The number of hydrogen-bond acceptors (Lipinski definition) is 4. The summed E-state index contributed by atoms with van der Waals surface area (Å²) < 4.78 is 5.46. The van der Waals surface area contributed by atoms with Gasteiger partial charge in [0.05, 0.1) is 0 Å². The van der Waals surface area contributed by atoms with Crippen LogP contribution in [0.3, 0.4) is 0 Å². The number of nitrogens with zero attached hydrogens (tertiary/aromatic N) is 3. The van der Waals surface area contributed by atoms with Crippen LogP contribution in [0.25, 0.3) is 11.4 Å². The number of rotatable bonds is 3. The molecule has 1 aliphatic rings. The van der Waals surface area contributed by atoms with Crippen molar-refractivity contribution >= 4 is 29.1 Å².